The van der Waals surface area contributed by atoms with Crippen LogP contribution in [0.4, 0.5) is 0 Å². The highest BCUT2D eigenvalue weighted by Gasteiger charge is 2.52. The Kier molecular flexibility index (Phi) is 4.36. The van der Waals surface area contributed by atoms with E-state index in [1.807, 2.05) is 6.92 Å². The van der Waals surface area contributed by atoms with Crippen LogP contribution in [-0.2, 0) is 9.53 Å². The first-order chi connectivity index (χ1) is 10.1. The lowest BCUT2D eigenvalue weighted by molar-refractivity contribution is -0.151. The number of carbonyl (C=O) groups excluding carboxylic acids is 1. The maximum atomic E-state index is 12.1. The summed E-state index contributed by atoms with van der Waals surface area (Å²) in [7, 11) is 0. The highest BCUT2D eigenvalue weighted by Crippen LogP contribution is 2.49. The van der Waals surface area contributed by atoms with Gasteiger partial charge < -0.3 is 14.9 Å². The van der Waals surface area contributed by atoms with E-state index in [0.29, 0.717) is 6.42 Å². The molecule has 1 heterocycles. The molecule has 0 bridgehead atoms. The van der Waals surface area contributed by atoms with E-state index in [-0.39, 0.29) is 41.8 Å². The van der Waals surface area contributed by atoms with Crippen LogP contribution in [0.3, 0.4) is 0 Å². The first kappa shape index (κ1) is 15.0. The summed E-state index contributed by atoms with van der Waals surface area (Å²) >= 11 is 0. The number of aliphatic hydroxyl groups excluding tert-OH is 2. The molecule has 4 heteroatoms. The van der Waals surface area contributed by atoms with Gasteiger partial charge in [-0.1, -0.05) is 12.2 Å². The quantitative estimate of drug-likeness (QED) is 0.530. The molecule has 2 aliphatic carbocycles. The third-order valence-electron chi connectivity index (χ3n) is 5.34. The van der Waals surface area contributed by atoms with E-state index >= 15 is 0 Å². The Labute approximate surface area is 126 Å². The molecule has 0 saturated heterocycles. The Morgan fingerprint density at radius 3 is 2.81 bits per heavy atom. The summed E-state index contributed by atoms with van der Waals surface area (Å²) in [4.78, 5) is 12.1. The van der Waals surface area contributed by atoms with Crippen LogP contribution in [0, 0.1) is 23.7 Å². The summed E-state index contributed by atoms with van der Waals surface area (Å²) in [6, 6.07) is 0. The summed E-state index contributed by atoms with van der Waals surface area (Å²) in [5.41, 5.74) is 0. The van der Waals surface area contributed by atoms with Gasteiger partial charge in [0.15, 0.2) is 0 Å². The number of hydrogen-bond donors (Lipinski definition) is 2. The summed E-state index contributed by atoms with van der Waals surface area (Å²) in [5.74, 6) is 0.0683. The smallest absolute Gasteiger partial charge is 0.309 e. The third kappa shape index (κ3) is 3.32. The Balaban J connectivity index is 1.74. The molecular weight excluding hydrogens is 268 g/mol. The van der Waals surface area contributed by atoms with E-state index < -0.39 is 6.10 Å². The Hall–Kier alpha value is -0.870. The molecule has 0 aromatic rings. The fourth-order valence-electron chi connectivity index (χ4n) is 4.01. The van der Waals surface area contributed by atoms with E-state index in [1.165, 1.54) is 0 Å². The molecule has 2 saturated carbocycles. The van der Waals surface area contributed by atoms with Crippen molar-refractivity contribution in [1.29, 1.82) is 0 Å². The highest BCUT2D eigenvalue weighted by atomic mass is 16.5. The van der Waals surface area contributed by atoms with Gasteiger partial charge in [0.2, 0.25) is 0 Å². The minimum absolute atomic E-state index is 0.0247. The van der Waals surface area contributed by atoms with Crippen molar-refractivity contribution in [3.8, 4) is 0 Å². The fourth-order valence-corrected chi connectivity index (χ4v) is 4.01. The maximum Gasteiger partial charge on any atom is 0.309 e. The Morgan fingerprint density at radius 1 is 1.19 bits per heavy atom. The molecule has 2 unspecified atom stereocenters. The zero-order valence-corrected chi connectivity index (χ0v) is 12.6. The monoisotopic (exact) mass is 294 g/mol. The molecule has 1 aliphatic heterocycles. The molecular formula is C17H26O4. The number of esters is 1. The van der Waals surface area contributed by atoms with E-state index in [4.69, 9.17) is 4.74 Å². The summed E-state index contributed by atoms with van der Waals surface area (Å²) in [5, 5.41) is 20.5. The van der Waals surface area contributed by atoms with Crippen molar-refractivity contribution in [2.75, 3.05) is 0 Å². The van der Waals surface area contributed by atoms with Gasteiger partial charge in [0, 0.05) is 0 Å². The fraction of sp³-hybridized carbons (Fsp3) is 0.824. The van der Waals surface area contributed by atoms with Crippen molar-refractivity contribution in [3.05, 3.63) is 12.2 Å². The van der Waals surface area contributed by atoms with Crippen molar-refractivity contribution in [3.63, 3.8) is 0 Å². The van der Waals surface area contributed by atoms with Crippen LogP contribution in [0.15, 0.2) is 12.2 Å². The number of fused-ring (bicyclic) bond motifs is 2. The molecule has 0 spiro atoms. The van der Waals surface area contributed by atoms with Crippen molar-refractivity contribution < 1.29 is 19.7 Å². The number of aliphatic hydroxyl groups is 2. The number of hydrogen-bond acceptors (Lipinski definition) is 4. The van der Waals surface area contributed by atoms with E-state index in [9.17, 15) is 15.0 Å². The van der Waals surface area contributed by atoms with Gasteiger partial charge in [-0.05, 0) is 63.2 Å². The van der Waals surface area contributed by atoms with Crippen LogP contribution in [0.1, 0.15) is 45.4 Å². The van der Waals surface area contributed by atoms with Gasteiger partial charge in [0.1, 0.15) is 0 Å². The van der Waals surface area contributed by atoms with Crippen LogP contribution >= 0.6 is 0 Å². The van der Waals surface area contributed by atoms with E-state index in [0.717, 1.165) is 32.1 Å². The molecule has 3 aliphatic rings. The first-order valence-electron chi connectivity index (χ1n) is 8.29. The average molecular weight is 294 g/mol. The molecule has 2 N–H and O–H groups in total. The number of rotatable bonds is 0. The average Bonchev–Trinajstić information content (AvgIpc) is 3.14. The number of allylic oxidation sites excluding steroid dienone is 2. The summed E-state index contributed by atoms with van der Waals surface area (Å²) in [6.07, 6.45) is 8.44. The van der Waals surface area contributed by atoms with Crippen molar-refractivity contribution in [2.24, 2.45) is 23.7 Å². The lowest BCUT2D eigenvalue weighted by atomic mass is 9.87. The molecule has 0 radical (unpaired) electrons. The van der Waals surface area contributed by atoms with E-state index in [2.05, 4.69) is 12.2 Å². The van der Waals surface area contributed by atoms with Crippen LogP contribution in [-0.4, -0.2) is 34.5 Å². The van der Waals surface area contributed by atoms with Crippen molar-refractivity contribution in [2.45, 2.75) is 63.8 Å². The largest absolute Gasteiger partial charge is 0.462 e. The van der Waals surface area contributed by atoms with Crippen LogP contribution in [0.2, 0.25) is 0 Å². The number of ether oxygens (including phenoxy) is 1. The van der Waals surface area contributed by atoms with Gasteiger partial charge in [-0.3, -0.25) is 4.79 Å². The van der Waals surface area contributed by atoms with Gasteiger partial charge in [-0.2, -0.15) is 0 Å². The molecule has 0 amide bonds. The third-order valence-corrected chi connectivity index (χ3v) is 5.34. The van der Waals surface area contributed by atoms with Gasteiger partial charge in [0.25, 0.3) is 0 Å². The summed E-state index contributed by atoms with van der Waals surface area (Å²) < 4.78 is 5.48. The predicted molar refractivity (Wildman–Crippen MR) is 78.4 cm³/mol. The zero-order valence-electron chi connectivity index (χ0n) is 12.6. The molecule has 4 nitrogen and oxygen atoms in total. The summed E-state index contributed by atoms with van der Waals surface area (Å²) in [6.45, 7) is 1.94. The lowest BCUT2D eigenvalue weighted by Gasteiger charge is -2.22. The molecule has 2 fully saturated rings. The highest BCUT2D eigenvalue weighted by molar-refractivity contribution is 5.76. The molecule has 21 heavy (non-hydrogen) atoms. The minimum Gasteiger partial charge on any atom is -0.462 e. The van der Waals surface area contributed by atoms with E-state index in [1.54, 1.807) is 0 Å². The lowest BCUT2D eigenvalue weighted by Crippen LogP contribution is -2.27. The standard InChI is InChI=1S/C17H26O4/c1-10-5-3-2-4-6-11-7-12(18)8-13(11)16(19)14-9-15(14)17(20)21-10/h4,6,10-16,18-19H,2-3,5,7-9H2,1H3/b6-4+/t10-,11+,12-,13+,14?,15?,16-/m0/s1. The Morgan fingerprint density at radius 2 is 2.00 bits per heavy atom. The van der Waals surface area contributed by atoms with Crippen LogP contribution < -0.4 is 0 Å². The van der Waals surface area contributed by atoms with Crippen molar-refractivity contribution >= 4 is 5.97 Å². The van der Waals surface area contributed by atoms with Crippen LogP contribution in [0.25, 0.3) is 0 Å². The normalized spacial score (nSPS) is 48.9. The van der Waals surface area contributed by atoms with Gasteiger partial charge in [-0.25, -0.2) is 0 Å². The van der Waals surface area contributed by atoms with Gasteiger partial charge >= 0.3 is 5.97 Å². The molecule has 0 aromatic carbocycles. The second-order valence-electron chi connectivity index (χ2n) is 7.06. The molecule has 118 valence electrons. The van der Waals surface area contributed by atoms with Crippen molar-refractivity contribution in [1.82, 2.24) is 0 Å². The van der Waals surface area contributed by atoms with Gasteiger partial charge in [0.05, 0.1) is 24.2 Å². The topological polar surface area (TPSA) is 66.8 Å². The predicted octanol–water partition coefficient (Wildman–Crippen LogP) is 2.04. The first-order valence-corrected chi connectivity index (χ1v) is 8.29. The molecule has 3 rings (SSSR count). The number of carbonyl (C=O) groups is 1. The van der Waals surface area contributed by atoms with Gasteiger partial charge in [-0.15, -0.1) is 0 Å². The second-order valence-corrected chi connectivity index (χ2v) is 7.06. The second kappa shape index (κ2) is 6.09. The molecule has 7 atom stereocenters. The van der Waals surface area contributed by atoms with Crippen LogP contribution in [0.5, 0.6) is 0 Å². The Bertz CT molecular complexity index is 419. The molecule has 0 aromatic heterocycles. The maximum absolute atomic E-state index is 12.1. The zero-order chi connectivity index (χ0) is 15.0. The minimum atomic E-state index is -0.495. The number of cyclic esters (lactones) is 1. The SMILES string of the molecule is C[C@H]1CCC/C=C/[C@@H]2C[C@H](O)C[C@H]2[C@H](O)C2CC2C(=O)O1.